The number of methoxy groups -OCH3 is 1. The van der Waals surface area contributed by atoms with Gasteiger partial charge in [0.2, 0.25) is 0 Å². The number of hydrogen-bond donors (Lipinski definition) is 1. The van der Waals surface area contributed by atoms with Crippen LogP contribution in [0.15, 0.2) is 29.3 Å². The predicted octanol–water partition coefficient (Wildman–Crippen LogP) is 2.98. The van der Waals surface area contributed by atoms with Crippen molar-refractivity contribution in [3.63, 3.8) is 0 Å². The van der Waals surface area contributed by atoms with Crippen LogP contribution in [0.1, 0.15) is 24.3 Å². The molecule has 0 bridgehead atoms. The van der Waals surface area contributed by atoms with Crippen molar-refractivity contribution < 1.29 is 22.6 Å². The molecule has 2 fully saturated rings. The van der Waals surface area contributed by atoms with Crippen LogP contribution in [-0.2, 0) is 4.74 Å². The molecule has 1 aliphatic heterocycles. The van der Waals surface area contributed by atoms with Crippen molar-refractivity contribution in [2.75, 3.05) is 33.9 Å². The predicted molar refractivity (Wildman–Crippen MR) is 92.3 cm³/mol. The van der Waals surface area contributed by atoms with Gasteiger partial charge >= 0.3 is 6.36 Å². The third-order valence-corrected chi connectivity index (χ3v) is 4.85. The number of halogens is 3. The van der Waals surface area contributed by atoms with Crippen LogP contribution in [0.2, 0.25) is 0 Å². The largest absolute Gasteiger partial charge is 0.573 e. The van der Waals surface area contributed by atoms with Crippen molar-refractivity contribution in [1.82, 2.24) is 10.2 Å². The molecule has 0 amide bonds. The molecule has 1 aliphatic carbocycles. The normalized spacial score (nSPS) is 26.1. The molecular weight excluding hydrogens is 347 g/mol. The molecule has 3 rings (SSSR count). The molecule has 8 heteroatoms. The van der Waals surface area contributed by atoms with Gasteiger partial charge in [0.15, 0.2) is 5.96 Å². The Labute approximate surface area is 151 Å². The van der Waals surface area contributed by atoms with Crippen molar-refractivity contribution in [3.8, 4) is 5.75 Å². The number of guanidine groups is 1. The summed E-state index contributed by atoms with van der Waals surface area (Å²) in [6.07, 6.45) is -2.88. The fraction of sp³-hybridized carbons (Fsp3) is 0.611. The molecule has 0 aromatic heterocycles. The van der Waals surface area contributed by atoms with Gasteiger partial charge < -0.3 is 19.7 Å². The Morgan fingerprint density at radius 2 is 2.12 bits per heavy atom. The van der Waals surface area contributed by atoms with Gasteiger partial charge in [-0.25, -0.2) is 0 Å². The van der Waals surface area contributed by atoms with E-state index in [9.17, 15) is 13.2 Å². The monoisotopic (exact) mass is 371 g/mol. The van der Waals surface area contributed by atoms with Crippen LogP contribution in [-0.4, -0.2) is 57.1 Å². The molecule has 2 aliphatic rings. The minimum Gasteiger partial charge on any atom is -0.405 e. The van der Waals surface area contributed by atoms with Crippen LogP contribution in [0.4, 0.5) is 13.2 Å². The topological polar surface area (TPSA) is 46.1 Å². The lowest BCUT2D eigenvalue weighted by Crippen LogP contribution is -2.41. The number of hydrogen-bond acceptors (Lipinski definition) is 3. The van der Waals surface area contributed by atoms with E-state index in [2.05, 4.69) is 19.9 Å². The zero-order chi connectivity index (χ0) is 18.7. The second-order valence-electron chi connectivity index (χ2n) is 6.78. The minimum atomic E-state index is -4.68. The van der Waals surface area contributed by atoms with E-state index < -0.39 is 6.36 Å². The van der Waals surface area contributed by atoms with Gasteiger partial charge in [-0.1, -0.05) is 18.2 Å². The number of rotatable bonds is 5. The summed E-state index contributed by atoms with van der Waals surface area (Å²) in [5, 5.41) is 3.38. The molecule has 1 heterocycles. The number of para-hydroxylation sites is 1. The number of ether oxygens (including phenoxy) is 2. The molecule has 1 saturated heterocycles. The summed E-state index contributed by atoms with van der Waals surface area (Å²) in [5.41, 5.74) is 0.580. The molecule has 3 atom stereocenters. The van der Waals surface area contributed by atoms with E-state index in [1.54, 1.807) is 32.4 Å². The Hall–Kier alpha value is -1.96. The second-order valence-corrected chi connectivity index (χ2v) is 6.78. The first-order valence-electron chi connectivity index (χ1n) is 8.73. The van der Waals surface area contributed by atoms with E-state index in [1.165, 1.54) is 6.07 Å². The van der Waals surface area contributed by atoms with E-state index in [-0.39, 0.29) is 17.7 Å². The van der Waals surface area contributed by atoms with Crippen LogP contribution in [0.5, 0.6) is 5.75 Å². The zero-order valence-corrected chi connectivity index (χ0v) is 14.9. The minimum absolute atomic E-state index is 0.0114. The van der Waals surface area contributed by atoms with Gasteiger partial charge in [0, 0.05) is 45.1 Å². The zero-order valence-electron chi connectivity index (χ0n) is 14.9. The molecule has 26 heavy (non-hydrogen) atoms. The summed E-state index contributed by atoms with van der Waals surface area (Å²) in [4.78, 5) is 6.51. The quantitative estimate of drug-likeness (QED) is 0.639. The molecule has 5 nitrogen and oxygen atoms in total. The number of benzene rings is 1. The summed E-state index contributed by atoms with van der Waals surface area (Å²) in [6, 6.07) is 6.41. The lowest BCUT2D eigenvalue weighted by Gasteiger charge is -2.22. The van der Waals surface area contributed by atoms with Crippen molar-refractivity contribution in [1.29, 1.82) is 0 Å². The number of alkyl halides is 3. The van der Waals surface area contributed by atoms with Crippen LogP contribution in [0.3, 0.4) is 0 Å². The molecule has 1 aromatic carbocycles. The molecule has 0 radical (unpaired) electrons. The number of nitrogens with one attached hydrogen (secondary N) is 1. The molecule has 1 aromatic rings. The number of likely N-dealkylation sites (tertiary alicyclic amines) is 1. The summed E-state index contributed by atoms with van der Waals surface area (Å²) >= 11 is 0. The van der Waals surface area contributed by atoms with Crippen LogP contribution < -0.4 is 10.1 Å². The van der Waals surface area contributed by atoms with Gasteiger partial charge in [-0.15, -0.1) is 13.2 Å². The van der Waals surface area contributed by atoms with Gasteiger partial charge in [-0.05, 0) is 24.5 Å². The van der Waals surface area contributed by atoms with Crippen LogP contribution in [0.25, 0.3) is 0 Å². The fourth-order valence-corrected chi connectivity index (χ4v) is 3.56. The van der Waals surface area contributed by atoms with E-state index in [0.717, 1.165) is 38.5 Å². The standard InChI is InChI=1S/C18H24F3N3O2/c1-22-17(24-8-7-12(10-24)11-25-2)23-15-9-14(15)13-5-3-4-6-16(13)26-18(19,20)21/h3-6,12,14-15H,7-11H2,1-2H3,(H,22,23). The maximum absolute atomic E-state index is 12.6. The Bertz CT molecular complexity index is 651. The Kier molecular flexibility index (Phi) is 5.60. The third-order valence-electron chi connectivity index (χ3n) is 4.85. The fourth-order valence-electron chi connectivity index (χ4n) is 3.56. The number of aliphatic imine (C=N–C) groups is 1. The van der Waals surface area contributed by atoms with Gasteiger partial charge in [-0.3, -0.25) is 4.99 Å². The highest BCUT2D eigenvalue weighted by Crippen LogP contribution is 2.45. The molecule has 144 valence electrons. The molecule has 1 saturated carbocycles. The van der Waals surface area contributed by atoms with E-state index >= 15 is 0 Å². The Balaban J connectivity index is 1.61. The highest BCUT2D eigenvalue weighted by atomic mass is 19.4. The highest BCUT2D eigenvalue weighted by molar-refractivity contribution is 5.81. The molecular formula is C18H24F3N3O2. The number of nitrogens with zero attached hydrogens (tertiary/aromatic N) is 2. The van der Waals surface area contributed by atoms with Crippen molar-refractivity contribution in [3.05, 3.63) is 29.8 Å². The summed E-state index contributed by atoms with van der Waals surface area (Å²) in [6.45, 7) is 2.50. The van der Waals surface area contributed by atoms with E-state index in [1.807, 2.05) is 0 Å². The van der Waals surface area contributed by atoms with Gasteiger partial charge in [0.1, 0.15) is 5.75 Å². The first-order chi connectivity index (χ1) is 12.4. The molecule has 3 unspecified atom stereocenters. The lowest BCUT2D eigenvalue weighted by molar-refractivity contribution is -0.274. The summed E-state index contributed by atoms with van der Waals surface area (Å²) < 4.78 is 47.2. The summed E-state index contributed by atoms with van der Waals surface area (Å²) in [7, 11) is 3.43. The maximum Gasteiger partial charge on any atom is 0.573 e. The van der Waals surface area contributed by atoms with Gasteiger partial charge in [0.05, 0.1) is 6.61 Å². The maximum atomic E-state index is 12.6. The highest BCUT2D eigenvalue weighted by Gasteiger charge is 2.43. The average Bonchev–Trinajstić information content (AvgIpc) is 3.19. The SMILES string of the molecule is CN=C(NC1CC1c1ccccc1OC(F)(F)F)N1CCC(COC)C1. The van der Waals surface area contributed by atoms with E-state index in [4.69, 9.17) is 4.74 Å². The first-order valence-corrected chi connectivity index (χ1v) is 8.73. The van der Waals surface area contributed by atoms with Crippen LogP contribution >= 0.6 is 0 Å². The average molecular weight is 371 g/mol. The Morgan fingerprint density at radius 1 is 1.35 bits per heavy atom. The van der Waals surface area contributed by atoms with Crippen molar-refractivity contribution in [2.45, 2.75) is 31.2 Å². The first kappa shape index (κ1) is 18.8. The van der Waals surface area contributed by atoms with Crippen LogP contribution in [0, 0.1) is 5.92 Å². The summed E-state index contributed by atoms with van der Waals surface area (Å²) in [5.74, 6) is 1.15. The molecule has 0 spiro atoms. The smallest absolute Gasteiger partial charge is 0.405 e. The van der Waals surface area contributed by atoms with Crippen molar-refractivity contribution >= 4 is 5.96 Å². The Morgan fingerprint density at radius 3 is 2.81 bits per heavy atom. The molecule has 1 N–H and O–H groups in total. The third kappa shape index (κ3) is 4.60. The lowest BCUT2D eigenvalue weighted by atomic mass is 10.1. The van der Waals surface area contributed by atoms with Gasteiger partial charge in [0.25, 0.3) is 0 Å². The van der Waals surface area contributed by atoms with Crippen molar-refractivity contribution in [2.24, 2.45) is 10.9 Å². The second kappa shape index (κ2) is 7.73. The van der Waals surface area contributed by atoms with Gasteiger partial charge in [-0.2, -0.15) is 0 Å². The van der Waals surface area contributed by atoms with E-state index in [0.29, 0.717) is 11.5 Å².